The Morgan fingerprint density at radius 3 is 2.26 bits per heavy atom. The lowest BCUT2D eigenvalue weighted by molar-refractivity contribution is -0.132. The minimum Gasteiger partial charge on any atom is -0.354 e. The van der Waals surface area contributed by atoms with Crippen LogP contribution in [-0.2, 0) is 4.79 Å². The van der Waals surface area contributed by atoms with Gasteiger partial charge in [0, 0.05) is 76.2 Å². The van der Waals surface area contributed by atoms with Crippen LogP contribution in [-0.4, -0.2) is 89.6 Å². The number of carbonyl (C=O) groups excluding carboxylic acids is 1. The SMILES string of the molecule is Cc1cc(N2CCN(CC(=O)N3CCN(c4ccccn4)CC3)CC2)nc(C(C)C)n1. The zero-order valence-corrected chi connectivity index (χ0v) is 18.9. The van der Waals surface area contributed by atoms with Crippen molar-refractivity contribution in [2.24, 2.45) is 0 Å². The van der Waals surface area contributed by atoms with E-state index in [2.05, 4.69) is 44.6 Å². The van der Waals surface area contributed by atoms with Gasteiger partial charge in [-0.15, -0.1) is 0 Å². The number of amides is 1. The molecule has 0 aliphatic carbocycles. The first-order valence-electron chi connectivity index (χ1n) is 11.3. The van der Waals surface area contributed by atoms with Crippen LogP contribution in [0.4, 0.5) is 11.6 Å². The van der Waals surface area contributed by atoms with Gasteiger partial charge in [-0.25, -0.2) is 15.0 Å². The van der Waals surface area contributed by atoms with Crippen LogP contribution in [0.1, 0.15) is 31.3 Å². The lowest BCUT2D eigenvalue weighted by Gasteiger charge is -2.38. The topological polar surface area (TPSA) is 68.7 Å². The molecule has 2 aromatic heterocycles. The van der Waals surface area contributed by atoms with Crippen LogP contribution >= 0.6 is 0 Å². The molecular weight excluding hydrogens is 390 g/mol. The number of nitrogens with zero attached hydrogens (tertiary/aromatic N) is 7. The molecule has 166 valence electrons. The highest BCUT2D eigenvalue weighted by atomic mass is 16.2. The van der Waals surface area contributed by atoms with E-state index in [4.69, 9.17) is 4.98 Å². The molecule has 2 aromatic rings. The summed E-state index contributed by atoms with van der Waals surface area (Å²) in [4.78, 5) is 35.4. The van der Waals surface area contributed by atoms with Crippen molar-refractivity contribution in [2.75, 3.05) is 68.7 Å². The molecule has 4 rings (SSSR count). The van der Waals surface area contributed by atoms with E-state index in [1.807, 2.05) is 36.2 Å². The van der Waals surface area contributed by atoms with Crippen LogP contribution in [0.5, 0.6) is 0 Å². The largest absolute Gasteiger partial charge is 0.354 e. The molecule has 0 aromatic carbocycles. The number of aromatic nitrogens is 3. The monoisotopic (exact) mass is 423 g/mol. The molecule has 2 fully saturated rings. The molecule has 0 bridgehead atoms. The van der Waals surface area contributed by atoms with Crippen molar-refractivity contribution >= 4 is 17.5 Å². The van der Waals surface area contributed by atoms with Crippen LogP contribution in [0, 0.1) is 6.92 Å². The maximum Gasteiger partial charge on any atom is 0.236 e. The Kier molecular flexibility index (Phi) is 6.65. The number of piperazine rings is 2. The van der Waals surface area contributed by atoms with Crippen LogP contribution < -0.4 is 9.80 Å². The van der Waals surface area contributed by atoms with E-state index >= 15 is 0 Å². The molecule has 31 heavy (non-hydrogen) atoms. The first kappa shape index (κ1) is 21.5. The van der Waals surface area contributed by atoms with Crippen LogP contribution in [0.3, 0.4) is 0 Å². The fourth-order valence-electron chi connectivity index (χ4n) is 4.15. The average molecular weight is 424 g/mol. The number of pyridine rings is 1. The van der Waals surface area contributed by atoms with Gasteiger partial charge in [-0.1, -0.05) is 19.9 Å². The standard InChI is InChI=1S/C23H33N7O/c1-18(2)23-25-19(3)16-21(26-23)29-10-8-27(9-11-29)17-22(31)30-14-12-28(13-15-30)20-6-4-5-7-24-20/h4-7,16,18H,8-15,17H2,1-3H3. The van der Waals surface area contributed by atoms with Gasteiger partial charge in [-0.3, -0.25) is 9.69 Å². The molecule has 4 heterocycles. The summed E-state index contributed by atoms with van der Waals surface area (Å²) in [5.41, 5.74) is 1.01. The predicted octanol–water partition coefficient (Wildman–Crippen LogP) is 1.77. The number of hydrogen-bond donors (Lipinski definition) is 0. The second-order valence-electron chi connectivity index (χ2n) is 8.70. The minimum absolute atomic E-state index is 0.231. The van der Waals surface area contributed by atoms with E-state index in [0.29, 0.717) is 12.5 Å². The Bertz CT molecular complexity index is 873. The van der Waals surface area contributed by atoms with Gasteiger partial charge < -0.3 is 14.7 Å². The summed E-state index contributed by atoms with van der Waals surface area (Å²) in [6.45, 7) is 13.5. The second-order valence-corrected chi connectivity index (χ2v) is 8.70. The molecule has 0 radical (unpaired) electrons. The van der Waals surface area contributed by atoms with E-state index in [0.717, 1.165) is 75.5 Å². The van der Waals surface area contributed by atoms with Crippen LogP contribution in [0.15, 0.2) is 30.5 Å². The number of anilines is 2. The molecule has 2 aliphatic rings. The Hall–Kier alpha value is -2.74. The molecule has 0 N–H and O–H groups in total. The molecule has 8 nitrogen and oxygen atoms in total. The highest BCUT2D eigenvalue weighted by Crippen LogP contribution is 2.19. The quantitative estimate of drug-likeness (QED) is 0.726. The van der Waals surface area contributed by atoms with Crippen molar-refractivity contribution in [3.8, 4) is 0 Å². The normalized spacial score (nSPS) is 18.0. The number of rotatable bonds is 5. The van der Waals surface area contributed by atoms with E-state index in [1.54, 1.807) is 0 Å². The van der Waals surface area contributed by atoms with Crippen LogP contribution in [0.2, 0.25) is 0 Å². The van der Waals surface area contributed by atoms with Gasteiger partial charge in [-0.05, 0) is 19.1 Å². The lowest BCUT2D eigenvalue weighted by Crippen LogP contribution is -2.54. The van der Waals surface area contributed by atoms with Crippen molar-refractivity contribution in [1.82, 2.24) is 24.8 Å². The van der Waals surface area contributed by atoms with Crippen molar-refractivity contribution in [2.45, 2.75) is 26.7 Å². The summed E-state index contributed by atoms with van der Waals surface area (Å²) in [5.74, 6) is 3.45. The summed E-state index contributed by atoms with van der Waals surface area (Å²) in [5, 5.41) is 0. The third-order valence-electron chi connectivity index (χ3n) is 6.04. The van der Waals surface area contributed by atoms with Crippen molar-refractivity contribution < 1.29 is 4.79 Å². The molecule has 0 spiro atoms. The minimum atomic E-state index is 0.231. The van der Waals surface area contributed by atoms with Gasteiger partial charge >= 0.3 is 0 Å². The van der Waals surface area contributed by atoms with Crippen molar-refractivity contribution in [3.63, 3.8) is 0 Å². The maximum absolute atomic E-state index is 12.8. The highest BCUT2D eigenvalue weighted by Gasteiger charge is 2.25. The Balaban J connectivity index is 1.25. The second kappa shape index (κ2) is 9.60. The predicted molar refractivity (Wildman–Crippen MR) is 123 cm³/mol. The lowest BCUT2D eigenvalue weighted by atomic mass is 10.2. The van der Waals surface area contributed by atoms with E-state index in [1.165, 1.54) is 0 Å². The number of aryl methyl sites for hydroxylation is 1. The fourth-order valence-corrected chi connectivity index (χ4v) is 4.15. The molecule has 8 heteroatoms. The molecular formula is C23H33N7O. The molecule has 0 unspecified atom stereocenters. The maximum atomic E-state index is 12.8. The fraction of sp³-hybridized carbons (Fsp3) is 0.565. The number of carbonyl (C=O) groups is 1. The van der Waals surface area contributed by atoms with Crippen molar-refractivity contribution in [3.05, 3.63) is 42.0 Å². The number of hydrogen-bond acceptors (Lipinski definition) is 7. The average Bonchev–Trinajstić information content (AvgIpc) is 2.80. The summed E-state index contributed by atoms with van der Waals surface area (Å²) in [6, 6.07) is 8.03. The molecule has 0 atom stereocenters. The molecule has 2 aliphatic heterocycles. The molecule has 2 saturated heterocycles. The highest BCUT2D eigenvalue weighted by molar-refractivity contribution is 5.78. The summed E-state index contributed by atoms with van der Waals surface area (Å²) >= 11 is 0. The van der Waals surface area contributed by atoms with E-state index in [-0.39, 0.29) is 5.91 Å². The van der Waals surface area contributed by atoms with Gasteiger partial charge in [0.05, 0.1) is 6.54 Å². The Morgan fingerprint density at radius 1 is 0.935 bits per heavy atom. The molecule has 0 saturated carbocycles. The zero-order valence-electron chi connectivity index (χ0n) is 18.9. The Labute approximate surface area is 184 Å². The van der Waals surface area contributed by atoms with Gasteiger partial charge in [-0.2, -0.15) is 0 Å². The van der Waals surface area contributed by atoms with E-state index in [9.17, 15) is 4.79 Å². The van der Waals surface area contributed by atoms with Gasteiger partial charge in [0.15, 0.2) is 0 Å². The third-order valence-corrected chi connectivity index (χ3v) is 6.04. The Morgan fingerprint density at radius 2 is 1.61 bits per heavy atom. The summed E-state index contributed by atoms with van der Waals surface area (Å²) < 4.78 is 0. The van der Waals surface area contributed by atoms with Gasteiger partial charge in [0.1, 0.15) is 17.5 Å². The third kappa shape index (κ3) is 5.31. The first-order valence-corrected chi connectivity index (χ1v) is 11.3. The van der Waals surface area contributed by atoms with E-state index < -0.39 is 0 Å². The smallest absolute Gasteiger partial charge is 0.236 e. The molecule has 1 amide bonds. The summed E-state index contributed by atoms with van der Waals surface area (Å²) in [7, 11) is 0. The van der Waals surface area contributed by atoms with Gasteiger partial charge in [0.25, 0.3) is 0 Å². The zero-order chi connectivity index (χ0) is 21.8. The summed E-state index contributed by atoms with van der Waals surface area (Å²) in [6.07, 6.45) is 1.82. The van der Waals surface area contributed by atoms with Gasteiger partial charge in [0.2, 0.25) is 5.91 Å². The van der Waals surface area contributed by atoms with Crippen molar-refractivity contribution in [1.29, 1.82) is 0 Å². The first-order chi connectivity index (χ1) is 15.0. The van der Waals surface area contributed by atoms with Crippen LogP contribution in [0.25, 0.3) is 0 Å².